The van der Waals surface area contributed by atoms with Crippen molar-refractivity contribution in [1.29, 1.82) is 5.26 Å². The predicted molar refractivity (Wildman–Crippen MR) is 87.9 cm³/mol. The highest BCUT2D eigenvalue weighted by atomic mass is 79.9. The third-order valence-electron chi connectivity index (χ3n) is 2.25. The Hall–Kier alpha value is -1.25. The molecule has 0 radical (unpaired) electrons. The van der Waals surface area contributed by atoms with E-state index in [1.54, 1.807) is 31.2 Å². The van der Waals surface area contributed by atoms with Gasteiger partial charge in [0.25, 0.3) is 0 Å². The van der Waals surface area contributed by atoms with E-state index >= 15 is 0 Å². The topological polar surface area (TPSA) is 53.2 Å². The summed E-state index contributed by atoms with van der Waals surface area (Å²) >= 11 is 15.0. The van der Waals surface area contributed by atoms with E-state index in [-0.39, 0.29) is 11.6 Å². The summed E-state index contributed by atoms with van der Waals surface area (Å²) in [7, 11) is 0. The van der Waals surface area contributed by atoms with Gasteiger partial charge in [-0.2, -0.15) is 5.26 Å². The van der Waals surface area contributed by atoms with Crippen molar-refractivity contribution >= 4 is 39.1 Å². The third-order valence-corrected chi connectivity index (χ3v) is 3.35. The number of nitrogens with zero attached hydrogens (tertiary/aromatic N) is 1. The zero-order chi connectivity index (χ0) is 15.8. The molecule has 1 rings (SSSR count). The molecule has 0 amide bonds. The van der Waals surface area contributed by atoms with E-state index in [1.165, 1.54) is 12.2 Å². The second kappa shape index (κ2) is 8.91. The molecule has 0 heterocycles. The minimum atomic E-state index is -0.115. The first-order chi connectivity index (χ1) is 9.96. The molecule has 0 aromatic heterocycles. The molecule has 1 aromatic rings. The van der Waals surface area contributed by atoms with Crippen molar-refractivity contribution in [2.75, 3.05) is 0 Å². The van der Waals surface area contributed by atoms with Crippen LogP contribution in [0.15, 0.2) is 56.7 Å². The van der Waals surface area contributed by atoms with Crippen LogP contribution in [-0.4, -0.2) is 5.11 Å². The highest BCUT2D eigenvalue weighted by Gasteiger charge is 2.04. The highest BCUT2D eigenvalue weighted by Crippen LogP contribution is 2.25. The molecule has 21 heavy (non-hydrogen) atoms. The number of aliphatic hydroxyl groups is 1. The number of allylic oxidation sites excluding steroid dienone is 5. The van der Waals surface area contributed by atoms with Crippen molar-refractivity contribution in [3.8, 4) is 11.8 Å². The van der Waals surface area contributed by atoms with Crippen LogP contribution >= 0.6 is 39.1 Å². The Morgan fingerprint density at radius 1 is 1.43 bits per heavy atom. The zero-order valence-corrected chi connectivity index (χ0v) is 14.2. The first kappa shape index (κ1) is 17.8. The molecule has 0 aliphatic heterocycles. The van der Waals surface area contributed by atoms with Crippen molar-refractivity contribution in [2.24, 2.45) is 0 Å². The summed E-state index contributed by atoms with van der Waals surface area (Å²) in [5.74, 6) is 0.898. The van der Waals surface area contributed by atoms with Crippen LogP contribution in [0.4, 0.5) is 0 Å². The molecule has 110 valence electrons. The van der Waals surface area contributed by atoms with Gasteiger partial charge >= 0.3 is 0 Å². The molecule has 0 fully saturated rings. The molecule has 0 bridgehead atoms. The number of ether oxygens (including phenoxy) is 1. The molecule has 1 N–H and O–H groups in total. The Morgan fingerprint density at radius 3 is 2.71 bits per heavy atom. The first-order valence-electron chi connectivity index (χ1n) is 5.84. The van der Waals surface area contributed by atoms with Crippen molar-refractivity contribution in [1.82, 2.24) is 0 Å². The van der Waals surface area contributed by atoms with Gasteiger partial charge < -0.3 is 9.84 Å². The van der Waals surface area contributed by atoms with Crippen molar-refractivity contribution in [3.05, 3.63) is 62.3 Å². The normalized spacial score (nSPS) is 13.0. The minimum Gasteiger partial charge on any atom is -0.457 e. The summed E-state index contributed by atoms with van der Waals surface area (Å²) < 4.78 is 6.46. The van der Waals surface area contributed by atoms with Gasteiger partial charge in [0.1, 0.15) is 11.5 Å². The number of hydrogen-bond acceptors (Lipinski definition) is 3. The van der Waals surface area contributed by atoms with Crippen molar-refractivity contribution < 1.29 is 9.84 Å². The molecule has 0 spiro atoms. The summed E-state index contributed by atoms with van der Waals surface area (Å²) in [6.45, 7) is 1.58. The average molecular weight is 389 g/mol. The maximum absolute atomic E-state index is 9.24. The molecule has 0 aliphatic rings. The largest absolute Gasteiger partial charge is 0.457 e. The van der Waals surface area contributed by atoms with Crippen LogP contribution in [0.3, 0.4) is 0 Å². The Morgan fingerprint density at radius 2 is 2.14 bits per heavy atom. The fraction of sp³-hybridized carbons (Fsp3) is 0.133. The quantitative estimate of drug-likeness (QED) is 0.439. The van der Waals surface area contributed by atoms with Crippen LogP contribution in [0.5, 0.6) is 5.75 Å². The van der Waals surface area contributed by atoms with E-state index in [9.17, 15) is 5.11 Å². The van der Waals surface area contributed by atoms with E-state index in [0.717, 1.165) is 4.47 Å². The lowest BCUT2D eigenvalue weighted by Crippen LogP contribution is -1.95. The Labute approximate surface area is 141 Å². The van der Waals surface area contributed by atoms with Gasteiger partial charge in [-0.25, -0.2) is 0 Å². The lowest BCUT2D eigenvalue weighted by atomic mass is 10.2. The van der Waals surface area contributed by atoms with Crippen LogP contribution < -0.4 is 4.74 Å². The van der Waals surface area contributed by atoms with Crippen molar-refractivity contribution in [2.45, 2.75) is 13.5 Å². The van der Waals surface area contributed by atoms with E-state index in [4.69, 9.17) is 33.2 Å². The summed E-state index contributed by atoms with van der Waals surface area (Å²) in [5, 5.41) is 18.5. The molecule has 0 saturated carbocycles. The molecule has 0 aliphatic carbocycles. The van der Waals surface area contributed by atoms with E-state index < -0.39 is 0 Å². The number of rotatable bonds is 5. The fourth-order valence-electron chi connectivity index (χ4n) is 1.41. The lowest BCUT2D eigenvalue weighted by Gasteiger charge is -2.09. The Bertz CT molecular complexity index is 642. The summed E-state index contributed by atoms with van der Waals surface area (Å²) in [6, 6.07) is 7.02. The predicted octanol–water partition coefficient (Wildman–Crippen LogP) is 4.99. The maximum atomic E-state index is 9.24. The molecule has 0 atom stereocenters. The van der Waals surface area contributed by atoms with Gasteiger partial charge in [-0.05, 0) is 36.8 Å². The third kappa shape index (κ3) is 6.36. The fourth-order valence-corrected chi connectivity index (χ4v) is 2.04. The standard InChI is InChI=1S/C15H12BrCl2NO2/c1-10(17)6-14(8-12(18)4-5-19)21-13-2-3-15(16)11(7-13)9-20/h2-4,6-8,20H,9H2,1H3/b10-6+,12-4-,14-8+. The van der Waals surface area contributed by atoms with E-state index in [0.29, 0.717) is 22.1 Å². The van der Waals surface area contributed by atoms with Crippen LogP contribution in [0.2, 0.25) is 0 Å². The molecule has 6 heteroatoms. The molecule has 1 aromatic carbocycles. The molecule has 0 unspecified atom stereocenters. The first-order valence-corrected chi connectivity index (χ1v) is 7.39. The Kier molecular flexibility index (Phi) is 7.55. The van der Waals surface area contributed by atoms with Gasteiger partial charge in [-0.15, -0.1) is 0 Å². The summed E-state index contributed by atoms with van der Waals surface area (Å²) in [6.07, 6.45) is 4.25. The van der Waals surface area contributed by atoms with Gasteiger partial charge in [0.2, 0.25) is 0 Å². The molecule has 0 saturated heterocycles. The number of benzene rings is 1. The molecular formula is C15H12BrCl2NO2. The summed E-state index contributed by atoms with van der Waals surface area (Å²) in [5.41, 5.74) is 0.692. The SMILES string of the molecule is C\C(Cl)=C/C(=C\C(Cl)=C\C#N)Oc1ccc(Br)c(CO)c1. The van der Waals surface area contributed by atoms with Crippen LogP contribution in [0.25, 0.3) is 0 Å². The van der Waals surface area contributed by atoms with E-state index in [2.05, 4.69) is 15.9 Å². The lowest BCUT2D eigenvalue weighted by molar-refractivity contribution is 0.280. The number of halogens is 3. The van der Waals surface area contributed by atoms with Gasteiger partial charge in [0, 0.05) is 21.7 Å². The van der Waals surface area contributed by atoms with Crippen LogP contribution in [0, 0.1) is 11.3 Å². The summed E-state index contributed by atoms with van der Waals surface area (Å²) in [4.78, 5) is 0. The number of aliphatic hydroxyl groups excluding tert-OH is 1. The van der Waals surface area contributed by atoms with Gasteiger partial charge in [0.05, 0.1) is 17.7 Å². The molecule has 3 nitrogen and oxygen atoms in total. The smallest absolute Gasteiger partial charge is 0.130 e. The van der Waals surface area contributed by atoms with Crippen LogP contribution in [-0.2, 0) is 6.61 Å². The maximum Gasteiger partial charge on any atom is 0.130 e. The second-order valence-electron chi connectivity index (χ2n) is 3.95. The minimum absolute atomic E-state index is 0.115. The van der Waals surface area contributed by atoms with Crippen molar-refractivity contribution in [3.63, 3.8) is 0 Å². The number of nitriles is 1. The highest BCUT2D eigenvalue weighted by molar-refractivity contribution is 9.10. The van der Waals surface area contributed by atoms with Gasteiger partial charge in [-0.3, -0.25) is 0 Å². The second-order valence-corrected chi connectivity index (χ2v) is 5.84. The van der Waals surface area contributed by atoms with E-state index in [1.807, 2.05) is 6.07 Å². The Balaban J connectivity index is 3.11. The van der Waals surface area contributed by atoms with Crippen LogP contribution in [0.1, 0.15) is 12.5 Å². The molecular weight excluding hydrogens is 377 g/mol. The number of hydrogen-bond donors (Lipinski definition) is 1. The average Bonchev–Trinajstić information content (AvgIpc) is 2.40. The van der Waals surface area contributed by atoms with Gasteiger partial charge in [0.15, 0.2) is 0 Å². The monoisotopic (exact) mass is 387 g/mol. The zero-order valence-electron chi connectivity index (χ0n) is 11.1. The van der Waals surface area contributed by atoms with Gasteiger partial charge in [-0.1, -0.05) is 39.1 Å².